The summed E-state index contributed by atoms with van der Waals surface area (Å²) in [5.41, 5.74) is 14.3. The van der Waals surface area contributed by atoms with E-state index >= 15 is 0 Å². The molecule has 3 aromatic carbocycles. The van der Waals surface area contributed by atoms with Gasteiger partial charge < -0.3 is 41.9 Å². The maximum Gasteiger partial charge on any atom is 0.185 e. The number of guanidine groups is 1. The van der Waals surface area contributed by atoms with E-state index in [-0.39, 0.29) is 29.7 Å². The van der Waals surface area contributed by atoms with Gasteiger partial charge >= 0.3 is 0 Å². The molecule has 2 aliphatic carbocycles. The summed E-state index contributed by atoms with van der Waals surface area (Å²) < 4.78 is 5.41. The summed E-state index contributed by atoms with van der Waals surface area (Å²) in [7, 11) is 1.48. The molecule has 9 N–H and O–H groups in total. The van der Waals surface area contributed by atoms with Gasteiger partial charge in [0.05, 0.1) is 19.3 Å². The molecule has 11 heteroatoms. The van der Waals surface area contributed by atoms with Crippen molar-refractivity contribution in [1.82, 2.24) is 5.32 Å². The summed E-state index contributed by atoms with van der Waals surface area (Å²) in [6, 6.07) is 12.7. The van der Waals surface area contributed by atoms with Crippen molar-refractivity contribution in [3.05, 3.63) is 64.7 Å². The standard InChI is InChI=1S/C44H56N4O7/c1-55-43-21-29-10-15-41(53)35(40(52)5-3-2-4-26-18-31-7-12-34(50)23-38(31)48-25-26)13-8-27(37(29)24-42(43)54)9-14-39(51)32-19-28-6-11-33(49)22-36(28)30(20-32)16-17-47-44(45)46/h6,11,19-22,24,26-27,31,35,38-40,48-49,51-52,54H,2-5,7,9-10,12,14-18,23,25H2,1H3,(H4,45,46,47)/t26-,27-,31+,35+,38+,39-,40+/m0/s1. The number of rotatable bonds is 14. The third-order valence-electron chi connectivity index (χ3n) is 11.9. The number of aliphatic hydroxyl groups excluding tert-OH is 2. The number of aliphatic hydroxyl groups is 2. The molecule has 55 heavy (non-hydrogen) atoms. The zero-order chi connectivity index (χ0) is 39.1. The van der Waals surface area contributed by atoms with E-state index in [2.05, 4.69) is 22.2 Å². The number of phenols is 2. The highest BCUT2D eigenvalue weighted by Crippen LogP contribution is 2.39. The van der Waals surface area contributed by atoms with E-state index in [0.717, 1.165) is 66.1 Å². The number of ketones is 2. The number of carbonyl (C=O) groups excluding carboxylic acids is 2. The first-order valence-electron chi connectivity index (χ1n) is 19.8. The highest BCUT2D eigenvalue weighted by atomic mass is 16.5. The monoisotopic (exact) mass is 752 g/mol. The number of hydrogen-bond acceptors (Lipinski definition) is 9. The lowest BCUT2D eigenvalue weighted by molar-refractivity contribution is -0.124. The Hall–Kier alpha value is -4.63. The molecule has 1 saturated carbocycles. The number of methoxy groups -OCH3 is 1. The number of nitrogens with two attached hydrogens (primary N) is 2. The van der Waals surface area contributed by atoms with Crippen LogP contribution in [0.4, 0.5) is 0 Å². The minimum absolute atomic E-state index is 0.00886. The Labute approximate surface area is 323 Å². The van der Waals surface area contributed by atoms with Crippen LogP contribution in [0.25, 0.3) is 10.8 Å². The quantitative estimate of drug-likeness (QED) is 0.0505. The third kappa shape index (κ3) is 10.2. The van der Waals surface area contributed by atoms with Crippen molar-refractivity contribution >= 4 is 28.3 Å². The lowest BCUT2D eigenvalue weighted by Crippen LogP contribution is -2.48. The number of aromatic hydroxyl groups is 2. The van der Waals surface area contributed by atoms with Gasteiger partial charge in [0.25, 0.3) is 0 Å². The second kappa shape index (κ2) is 18.3. The Bertz CT molecular complexity index is 1950. The molecule has 0 bridgehead atoms. The van der Waals surface area contributed by atoms with Crippen LogP contribution in [0.3, 0.4) is 0 Å². The molecular formula is C44H56N4O7. The van der Waals surface area contributed by atoms with Gasteiger partial charge in [-0.2, -0.15) is 0 Å². The van der Waals surface area contributed by atoms with E-state index in [1.165, 1.54) is 7.11 Å². The second-order valence-corrected chi connectivity index (χ2v) is 15.8. The van der Waals surface area contributed by atoms with E-state index in [0.29, 0.717) is 86.5 Å². The molecule has 0 spiro atoms. The predicted octanol–water partition coefficient (Wildman–Crippen LogP) is 5.08. The zero-order valence-corrected chi connectivity index (χ0v) is 31.8. The Morgan fingerprint density at radius 2 is 1.84 bits per heavy atom. The average Bonchev–Trinajstić information content (AvgIpc) is 3.22. The number of Topliss-reactive ketones (excluding diaryl/α,β-unsaturated/α-hetero) is 2. The van der Waals surface area contributed by atoms with E-state index in [1.54, 1.807) is 24.3 Å². The van der Waals surface area contributed by atoms with Gasteiger partial charge in [-0.3, -0.25) is 14.6 Å². The van der Waals surface area contributed by atoms with Crippen LogP contribution in [0.1, 0.15) is 105 Å². The van der Waals surface area contributed by atoms with Crippen LogP contribution in [0.2, 0.25) is 0 Å². The first kappa shape index (κ1) is 40.0. The van der Waals surface area contributed by atoms with Crippen molar-refractivity contribution in [2.45, 2.75) is 108 Å². The predicted molar refractivity (Wildman–Crippen MR) is 213 cm³/mol. The van der Waals surface area contributed by atoms with E-state index in [9.17, 15) is 30.0 Å². The fourth-order valence-corrected chi connectivity index (χ4v) is 8.86. The van der Waals surface area contributed by atoms with Crippen LogP contribution in [0.5, 0.6) is 17.2 Å². The second-order valence-electron chi connectivity index (χ2n) is 15.8. The van der Waals surface area contributed by atoms with Gasteiger partial charge in [-0.25, -0.2) is 0 Å². The summed E-state index contributed by atoms with van der Waals surface area (Å²) in [6.07, 6.45) is 6.81. The average molecular weight is 753 g/mol. The number of hydrogen-bond donors (Lipinski definition) is 7. The maximum absolute atomic E-state index is 13.6. The van der Waals surface area contributed by atoms with Crippen molar-refractivity contribution in [3.8, 4) is 29.1 Å². The zero-order valence-electron chi connectivity index (χ0n) is 31.8. The molecule has 3 aliphatic rings. The molecule has 294 valence electrons. The number of aryl methyl sites for hydroxylation is 1. The number of nitrogens with zero attached hydrogens (tertiary/aromatic N) is 1. The van der Waals surface area contributed by atoms with Crippen molar-refractivity contribution in [2.24, 2.45) is 34.2 Å². The van der Waals surface area contributed by atoms with Gasteiger partial charge in [-0.1, -0.05) is 36.8 Å². The van der Waals surface area contributed by atoms with Crippen molar-refractivity contribution in [2.75, 3.05) is 20.2 Å². The number of benzene rings is 3. The van der Waals surface area contributed by atoms with Gasteiger partial charge in [0.1, 0.15) is 17.5 Å². The summed E-state index contributed by atoms with van der Waals surface area (Å²) in [6.45, 7) is 1.27. The molecule has 0 amide bonds. The van der Waals surface area contributed by atoms with Gasteiger partial charge in [0, 0.05) is 37.8 Å². The van der Waals surface area contributed by atoms with Crippen molar-refractivity contribution in [3.63, 3.8) is 0 Å². The van der Waals surface area contributed by atoms with Crippen LogP contribution in [0, 0.1) is 29.6 Å². The Morgan fingerprint density at radius 3 is 2.64 bits per heavy atom. The SMILES string of the molecule is COc1cc2c(cc1O)[C@H](CC[C@H](O)c1cc(CCN=C(N)N)c3cc(O)ccc3c1)C#C[C@H]([C@H](O)CCCC[C@@H]1CN[C@@H]3CC(=O)CC[C@@H]3C1)C(=O)CC2. The molecule has 0 unspecified atom stereocenters. The number of aliphatic imine (C=N–C) groups is 1. The topological polar surface area (TPSA) is 201 Å². The molecule has 1 aliphatic heterocycles. The highest BCUT2D eigenvalue weighted by molar-refractivity contribution is 5.88. The first-order valence-corrected chi connectivity index (χ1v) is 19.8. The molecule has 7 atom stereocenters. The molecular weight excluding hydrogens is 697 g/mol. The highest BCUT2D eigenvalue weighted by Gasteiger charge is 2.34. The number of unbranched alkanes of at least 4 members (excludes halogenated alkanes) is 1. The van der Waals surface area contributed by atoms with Crippen LogP contribution < -0.4 is 21.5 Å². The minimum atomic E-state index is -0.900. The number of piperidine rings is 1. The van der Waals surface area contributed by atoms with Gasteiger partial charge in [0.2, 0.25) is 0 Å². The molecule has 0 radical (unpaired) electrons. The minimum Gasteiger partial charge on any atom is -0.508 e. The molecule has 2 fully saturated rings. The number of phenolic OH excluding ortho intramolecular Hbond substituents is 2. The number of nitrogens with one attached hydrogen (secondary N) is 1. The van der Waals surface area contributed by atoms with Crippen LogP contribution in [0.15, 0.2) is 47.5 Å². The third-order valence-corrected chi connectivity index (χ3v) is 11.9. The molecule has 11 nitrogen and oxygen atoms in total. The van der Waals surface area contributed by atoms with Gasteiger partial charge in [0.15, 0.2) is 23.2 Å². The van der Waals surface area contributed by atoms with Crippen LogP contribution in [-0.2, 0) is 22.4 Å². The number of carbonyl (C=O) groups is 2. The summed E-state index contributed by atoms with van der Waals surface area (Å²) in [5.74, 6) is 7.01. The van der Waals surface area contributed by atoms with Crippen molar-refractivity contribution in [1.29, 1.82) is 0 Å². The Balaban J connectivity index is 1.16. The Kier molecular flexibility index (Phi) is 13.4. The van der Waals surface area contributed by atoms with E-state index in [1.807, 2.05) is 18.2 Å². The summed E-state index contributed by atoms with van der Waals surface area (Å²) in [4.78, 5) is 29.6. The largest absolute Gasteiger partial charge is 0.508 e. The first-order chi connectivity index (χ1) is 26.5. The van der Waals surface area contributed by atoms with Gasteiger partial charge in [-0.05, 0) is 133 Å². The van der Waals surface area contributed by atoms with Crippen LogP contribution >= 0.6 is 0 Å². The fourth-order valence-electron chi connectivity index (χ4n) is 8.86. The van der Waals surface area contributed by atoms with Gasteiger partial charge in [-0.15, -0.1) is 0 Å². The molecule has 3 aromatic rings. The maximum atomic E-state index is 13.6. The summed E-state index contributed by atoms with van der Waals surface area (Å²) >= 11 is 0. The van der Waals surface area contributed by atoms with E-state index < -0.39 is 24.0 Å². The lowest BCUT2D eigenvalue weighted by atomic mass is 9.74. The molecule has 6 rings (SSSR count). The lowest BCUT2D eigenvalue weighted by Gasteiger charge is -2.39. The van der Waals surface area contributed by atoms with E-state index in [4.69, 9.17) is 16.2 Å². The number of ether oxygens (including phenoxy) is 1. The van der Waals surface area contributed by atoms with Crippen LogP contribution in [-0.4, -0.2) is 70.3 Å². The smallest absolute Gasteiger partial charge is 0.185 e. The summed E-state index contributed by atoms with van der Waals surface area (Å²) in [5, 5.41) is 49.3. The number of fused-ring (bicyclic) bond motifs is 3. The molecule has 1 saturated heterocycles. The van der Waals surface area contributed by atoms with Crippen molar-refractivity contribution < 1.29 is 34.8 Å². The Morgan fingerprint density at radius 1 is 1.00 bits per heavy atom. The normalized spacial score (nSPS) is 23.6. The molecule has 1 heterocycles. The fraction of sp³-hybridized carbons (Fsp3) is 0.523. The molecule has 0 aromatic heterocycles.